The summed E-state index contributed by atoms with van der Waals surface area (Å²) in [6.07, 6.45) is -5.29. The van der Waals surface area contributed by atoms with Crippen molar-refractivity contribution in [1.82, 2.24) is 5.32 Å². The van der Waals surface area contributed by atoms with E-state index in [1.165, 1.54) is 6.92 Å². The van der Waals surface area contributed by atoms with Crippen molar-refractivity contribution in [2.45, 2.75) is 165 Å². The second-order valence-corrected chi connectivity index (χ2v) is 13.0. The zero-order chi connectivity index (χ0) is 31.4. The first-order valence-electron chi connectivity index (χ1n) is 15.9. The smallest absolute Gasteiger partial charge is 0.332 e. The van der Waals surface area contributed by atoms with Crippen molar-refractivity contribution in [3.63, 3.8) is 0 Å². The maximum atomic E-state index is 12.3. The molecular formula is C30H51NO12. The van der Waals surface area contributed by atoms with Crippen LogP contribution in [0.25, 0.3) is 0 Å². The number of carbonyl (C=O) groups is 2. The quantitative estimate of drug-likeness (QED) is 0.202. The molecule has 43 heavy (non-hydrogen) atoms. The molecule has 2 saturated carbocycles. The van der Waals surface area contributed by atoms with Gasteiger partial charge < -0.3 is 54.5 Å². The van der Waals surface area contributed by atoms with E-state index in [0.29, 0.717) is 12.8 Å². The van der Waals surface area contributed by atoms with E-state index in [0.717, 1.165) is 44.9 Å². The van der Waals surface area contributed by atoms with Gasteiger partial charge in [-0.15, -0.1) is 0 Å². The van der Waals surface area contributed by atoms with Crippen LogP contribution in [0.1, 0.15) is 85.5 Å². The molecule has 0 bridgehead atoms. The number of hydrogen-bond acceptors (Lipinski definition) is 11. The van der Waals surface area contributed by atoms with Crippen LogP contribution in [-0.2, 0) is 33.3 Å². The van der Waals surface area contributed by atoms with Crippen molar-refractivity contribution >= 4 is 11.9 Å². The fourth-order valence-corrected chi connectivity index (χ4v) is 6.96. The zero-order valence-electron chi connectivity index (χ0n) is 25.6. The number of aliphatic hydroxyl groups excluding tert-OH is 4. The van der Waals surface area contributed by atoms with Gasteiger partial charge in [0.25, 0.3) is 0 Å². The van der Waals surface area contributed by atoms with E-state index in [9.17, 15) is 35.1 Å². The first-order valence-corrected chi connectivity index (χ1v) is 15.9. The number of amides is 1. The Bertz CT molecular complexity index is 918. The van der Waals surface area contributed by atoms with Gasteiger partial charge in [-0.1, -0.05) is 45.4 Å². The van der Waals surface area contributed by atoms with E-state index >= 15 is 0 Å². The van der Waals surface area contributed by atoms with Crippen molar-refractivity contribution in [3.8, 4) is 0 Å². The van der Waals surface area contributed by atoms with Gasteiger partial charge in [-0.3, -0.25) is 4.79 Å². The summed E-state index contributed by atoms with van der Waals surface area (Å²) < 4.78 is 30.5. The molecule has 0 spiro atoms. The molecule has 14 atom stereocenters. The largest absolute Gasteiger partial charge is 0.479 e. The number of carboxylic acid groups (broad SMARTS) is 1. The summed E-state index contributed by atoms with van der Waals surface area (Å²) in [7, 11) is 0. The van der Waals surface area contributed by atoms with E-state index < -0.39 is 91.5 Å². The third-order valence-electron chi connectivity index (χ3n) is 9.54. The Morgan fingerprint density at radius 2 is 1.44 bits per heavy atom. The first kappa shape index (κ1) is 34.5. The Hall–Kier alpha value is -1.42. The van der Waals surface area contributed by atoms with Gasteiger partial charge in [-0.05, 0) is 44.9 Å². The molecule has 0 radical (unpaired) electrons. The molecule has 5 unspecified atom stereocenters. The number of carbonyl (C=O) groups excluding carboxylic acids is 1. The Labute approximate surface area is 253 Å². The predicted molar refractivity (Wildman–Crippen MR) is 151 cm³/mol. The molecule has 4 fully saturated rings. The van der Waals surface area contributed by atoms with Crippen LogP contribution in [0.15, 0.2) is 0 Å². The van der Waals surface area contributed by atoms with Crippen LogP contribution >= 0.6 is 0 Å². The Morgan fingerprint density at radius 1 is 0.791 bits per heavy atom. The molecule has 0 aromatic heterocycles. The molecular weight excluding hydrogens is 566 g/mol. The van der Waals surface area contributed by atoms with Crippen molar-refractivity contribution in [1.29, 1.82) is 0 Å². The van der Waals surface area contributed by atoms with Crippen molar-refractivity contribution in [2.24, 2.45) is 11.8 Å². The third kappa shape index (κ3) is 8.44. The third-order valence-corrected chi connectivity index (χ3v) is 9.54. The average Bonchev–Trinajstić information content (AvgIpc) is 2.96. The lowest BCUT2D eigenvalue weighted by atomic mass is 9.85. The maximum absolute atomic E-state index is 12.3. The molecule has 2 saturated heterocycles. The highest BCUT2D eigenvalue weighted by molar-refractivity contribution is 5.73. The van der Waals surface area contributed by atoms with Gasteiger partial charge in [0, 0.05) is 6.92 Å². The van der Waals surface area contributed by atoms with Crippen molar-refractivity contribution in [3.05, 3.63) is 0 Å². The second kappa shape index (κ2) is 15.2. The predicted octanol–water partition coefficient (Wildman–Crippen LogP) is 0.824. The summed E-state index contributed by atoms with van der Waals surface area (Å²) in [6.45, 7) is 6.49. The summed E-state index contributed by atoms with van der Waals surface area (Å²) in [5.41, 5.74) is 0. The van der Waals surface area contributed by atoms with Gasteiger partial charge in [-0.2, -0.15) is 0 Å². The van der Waals surface area contributed by atoms with Gasteiger partial charge in [0.2, 0.25) is 5.91 Å². The van der Waals surface area contributed by atoms with Crippen molar-refractivity contribution in [2.75, 3.05) is 0 Å². The highest BCUT2D eigenvalue weighted by Gasteiger charge is 2.50. The van der Waals surface area contributed by atoms with E-state index in [1.54, 1.807) is 13.8 Å². The molecule has 4 rings (SSSR count). The lowest BCUT2D eigenvalue weighted by Crippen LogP contribution is -2.66. The first-order chi connectivity index (χ1) is 20.4. The van der Waals surface area contributed by atoms with E-state index in [2.05, 4.69) is 5.32 Å². The number of aliphatic carboxylic acids is 1. The minimum Gasteiger partial charge on any atom is -0.479 e. The molecule has 0 aromatic rings. The number of ether oxygens (including phenoxy) is 5. The average molecular weight is 618 g/mol. The maximum Gasteiger partial charge on any atom is 0.332 e. The van der Waals surface area contributed by atoms with E-state index in [-0.39, 0.29) is 11.8 Å². The van der Waals surface area contributed by atoms with Gasteiger partial charge in [-0.25, -0.2) is 4.79 Å². The minimum absolute atomic E-state index is 0.0430. The summed E-state index contributed by atoms with van der Waals surface area (Å²) in [4.78, 5) is 24.6. The standard InChI is InChI=1S/C30H51NO12/c1-14-9-8-12-19(26(14)43-30-25(36)24(35)22(33)15(2)40-30)42-29-21(31-17(4)32)27(23(34)16(3)39-29)41-20(28(37)38)13-18-10-6-5-7-11-18/h14-16,18-27,29-30,33-36H,5-13H2,1-4H3,(H,31,32)(H,37,38)/t14?,15-,16-,19+,20-,21?,22-,23-,24?,25-,26+,27?,29-,30?/m0/s1. The molecule has 248 valence electrons. The number of aliphatic hydroxyl groups is 4. The van der Waals surface area contributed by atoms with Crippen LogP contribution in [-0.4, -0.2) is 117 Å². The molecule has 2 aliphatic heterocycles. The van der Waals surface area contributed by atoms with Crippen LogP contribution in [0, 0.1) is 11.8 Å². The normalized spacial score (nSPS) is 43.6. The van der Waals surface area contributed by atoms with E-state index in [4.69, 9.17) is 23.7 Å². The Kier molecular flexibility index (Phi) is 12.2. The Balaban J connectivity index is 1.53. The van der Waals surface area contributed by atoms with Crippen molar-refractivity contribution < 1.29 is 58.8 Å². The zero-order valence-corrected chi connectivity index (χ0v) is 25.6. The molecule has 4 aliphatic rings. The number of nitrogens with one attached hydrogen (secondary N) is 1. The van der Waals surface area contributed by atoms with Crippen LogP contribution < -0.4 is 5.32 Å². The monoisotopic (exact) mass is 617 g/mol. The lowest BCUT2D eigenvalue weighted by molar-refractivity contribution is -0.334. The van der Waals surface area contributed by atoms with Crippen LogP contribution in [0.5, 0.6) is 0 Å². The molecule has 13 heteroatoms. The van der Waals surface area contributed by atoms with E-state index in [1.807, 2.05) is 6.92 Å². The minimum atomic E-state index is -1.48. The molecule has 2 heterocycles. The van der Waals surface area contributed by atoms with Gasteiger partial charge in [0.05, 0.1) is 24.4 Å². The second-order valence-electron chi connectivity index (χ2n) is 13.0. The fourth-order valence-electron chi connectivity index (χ4n) is 6.96. The number of carboxylic acids is 1. The number of hydrogen-bond donors (Lipinski definition) is 6. The number of rotatable bonds is 10. The van der Waals surface area contributed by atoms with Gasteiger partial charge in [0.15, 0.2) is 18.7 Å². The summed E-state index contributed by atoms with van der Waals surface area (Å²) in [6, 6.07) is -1.02. The topological polar surface area (TPSA) is 193 Å². The highest BCUT2D eigenvalue weighted by Crippen LogP contribution is 2.36. The molecule has 2 aliphatic carbocycles. The van der Waals surface area contributed by atoms with Gasteiger partial charge >= 0.3 is 5.97 Å². The SMILES string of the molecule is CC(=O)NC1C(O[C@@H](CC2CCCCC2)C(=O)O)[C@@H](O)[C@H](C)O[C@H]1O[C@@H]1CCCC(C)[C@H]1OC1O[C@@H](C)[C@H](O)C(O)[C@@H]1O. The van der Waals surface area contributed by atoms with Gasteiger partial charge in [0.1, 0.15) is 36.6 Å². The lowest BCUT2D eigenvalue weighted by Gasteiger charge is -2.48. The Morgan fingerprint density at radius 3 is 2.09 bits per heavy atom. The van der Waals surface area contributed by atoms with Crippen LogP contribution in [0.2, 0.25) is 0 Å². The highest BCUT2D eigenvalue weighted by atomic mass is 16.7. The van der Waals surface area contributed by atoms with Crippen LogP contribution in [0.3, 0.4) is 0 Å². The molecule has 13 nitrogen and oxygen atoms in total. The molecule has 1 amide bonds. The molecule has 6 N–H and O–H groups in total. The molecule has 0 aromatic carbocycles. The van der Waals surface area contributed by atoms with Crippen LogP contribution in [0.4, 0.5) is 0 Å². The summed E-state index contributed by atoms with van der Waals surface area (Å²) in [5, 5.41) is 54.9. The summed E-state index contributed by atoms with van der Waals surface area (Å²) in [5.74, 6) is -1.39. The fraction of sp³-hybridized carbons (Fsp3) is 0.933. The summed E-state index contributed by atoms with van der Waals surface area (Å²) >= 11 is 0.